The summed E-state index contributed by atoms with van der Waals surface area (Å²) in [5.41, 5.74) is 0.466. The van der Waals surface area contributed by atoms with E-state index in [0.717, 1.165) is 9.87 Å². The highest BCUT2D eigenvalue weighted by Crippen LogP contribution is 2.37. The summed E-state index contributed by atoms with van der Waals surface area (Å²) in [7, 11) is -0.381. The van der Waals surface area contributed by atoms with Crippen LogP contribution >= 0.6 is 34.8 Å². The van der Waals surface area contributed by atoms with Gasteiger partial charge in [0.1, 0.15) is 18.3 Å². The number of hydrogen-bond donors (Lipinski definition) is 1. The van der Waals surface area contributed by atoms with Crippen molar-refractivity contribution < 1.29 is 32.2 Å². The second-order valence-electron chi connectivity index (χ2n) is 12.5. The molecule has 0 aliphatic rings. The molecule has 0 aromatic heterocycles. The van der Waals surface area contributed by atoms with Gasteiger partial charge >= 0.3 is 0 Å². The van der Waals surface area contributed by atoms with Crippen LogP contribution in [0.25, 0.3) is 0 Å². The molecule has 0 aliphatic heterocycles. The van der Waals surface area contributed by atoms with Gasteiger partial charge in [-0.05, 0) is 68.8 Å². The molecule has 0 saturated carbocycles. The highest BCUT2D eigenvalue weighted by Gasteiger charge is 2.37. The Morgan fingerprint density at radius 1 is 0.784 bits per heavy atom. The number of carbonyl (C=O) groups is 2. The lowest BCUT2D eigenvalue weighted by Gasteiger charge is -2.35. The molecule has 51 heavy (non-hydrogen) atoms. The first kappa shape index (κ1) is 39.6. The summed E-state index contributed by atoms with van der Waals surface area (Å²) >= 11 is 19.6. The van der Waals surface area contributed by atoms with Crippen LogP contribution in [-0.2, 0) is 32.6 Å². The van der Waals surface area contributed by atoms with Gasteiger partial charge in [0.25, 0.3) is 10.0 Å². The van der Waals surface area contributed by atoms with Gasteiger partial charge in [-0.25, -0.2) is 8.42 Å². The number of ether oxygens (including phenoxy) is 3. The van der Waals surface area contributed by atoms with Crippen LogP contribution in [0.3, 0.4) is 0 Å². The molecule has 1 unspecified atom stereocenters. The molecule has 0 spiro atoms. The van der Waals surface area contributed by atoms with Crippen molar-refractivity contribution in [3.63, 3.8) is 0 Å². The molecular weight excluding hydrogens is 737 g/mol. The van der Waals surface area contributed by atoms with E-state index < -0.39 is 40.0 Å². The van der Waals surface area contributed by atoms with Gasteiger partial charge in [-0.3, -0.25) is 13.9 Å². The first-order chi connectivity index (χ1) is 24.1. The zero-order valence-corrected chi connectivity index (χ0v) is 32.2. The number of sulfonamides is 1. The molecule has 10 nitrogen and oxygen atoms in total. The molecule has 4 rings (SSSR count). The predicted molar refractivity (Wildman–Crippen MR) is 201 cm³/mol. The standard InChI is InChI=1S/C37H40Cl3N3O7S/c1-37(2,3)41-36(45)31(19-24-11-8-7-9-12-24)42(22-27-28(39)13-10-14-29(27)40)35(44)23-43(30-20-25(38)15-17-32(30)48-4)51(46,47)26-16-18-33(49-5)34(21-26)50-6/h7-18,20-21,31H,19,22-23H2,1-6H3,(H,41,45). The smallest absolute Gasteiger partial charge is 0.265 e. The van der Waals surface area contributed by atoms with E-state index in [0.29, 0.717) is 11.3 Å². The second-order valence-corrected chi connectivity index (χ2v) is 15.6. The maximum atomic E-state index is 14.9. The molecule has 1 N–H and O–H groups in total. The number of hydrogen-bond acceptors (Lipinski definition) is 7. The van der Waals surface area contributed by atoms with Crippen molar-refractivity contribution in [1.29, 1.82) is 0 Å². The van der Waals surface area contributed by atoms with Crippen LogP contribution in [0.1, 0.15) is 31.9 Å². The van der Waals surface area contributed by atoms with E-state index in [1.165, 1.54) is 62.6 Å². The second kappa shape index (κ2) is 16.9. The molecule has 0 heterocycles. The number of amides is 2. The fourth-order valence-corrected chi connectivity index (χ4v) is 7.45. The first-order valence-corrected chi connectivity index (χ1v) is 18.3. The van der Waals surface area contributed by atoms with Crippen molar-refractivity contribution in [3.05, 3.63) is 111 Å². The van der Waals surface area contributed by atoms with Crippen molar-refractivity contribution in [2.24, 2.45) is 0 Å². The van der Waals surface area contributed by atoms with Gasteiger partial charge in [0.15, 0.2) is 11.5 Å². The highest BCUT2D eigenvalue weighted by atomic mass is 35.5. The average Bonchev–Trinajstić information content (AvgIpc) is 3.08. The normalized spacial score (nSPS) is 12.1. The van der Waals surface area contributed by atoms with Crippen LogP contribution in [0.2, 0.25) is 15.1 Å². The Bertz CT molecular complexity index is 1950. The molecule has 0 saturated heterocycles. The summed E-state index contributed by atoms with van der Waals surface area (Å²) in [5.74, 6) is -0.613. The van der Waals surface area contributed by atoms with E-state index in [-0.39, 0.29) is 50.1 Å². The van der Waals surface area contributed by atoms with Crippen LogP contribution in [0.5, 0.6) is 17.2 Å². The van der Waals surface area contributed by atoms with Crippen LogP contribution in [0, 0.1) is 0 Å². The van der Waals surface area contributed by atoms with Gasteiger partial charge in [0, 0.05) is 45.2 Å². The Morgan fingerprint density at radius 3 is 1.98 bits per heavy atom. The van der Waals surface area contributed by atoms with Crippen LogP contribution in [0.4, 0.5) is 5.69 Å². The maximum Gasteiger partial charge on any atom is 0.265 e. The molecule has 0 fully saturated rings. The van der Waals surface area contributed by atoms with Crippen molar-refractivity contribution >= 4 is 62.3 Å². The van der Waals surface area contributed by atoms with E-state index in [2.05, 4.69) is 5.32 Å². The van der Waals surface area contributed by atoms with Gasteiger partial charge in [0.2, 0.25) is 11.8 Å². The van der Waals surface area contributed by atoms with Gasteiger partial charge < -0.3 is 24.4 Å². The lowest BCUT2D eigenvalue weighted by Crippen LogP contribution is -2.56. The number of nitrogens with zero attached hydrogens (tertiary/aromatic N) is 2. The first-order valence-electron chi connectivity index (χ1n) is 15.8. The van der Waals surface area contributed by atoms with E-state index >= 15 is 0 Å². The quantitative estimate of drug-likeness (QED) is 0.142. The molecule has 4 aromatic rings. The highest BCUT2D eigenvalue weighted by molar-refractivity contribution is 7.92. The molecule has 2 amide bonds. The third-order valence-corrected chi connectivity index (χ3v) is 10.5. The van der Waals surface area contributed by atoms with Crippen molar-refractivity contribution in [2.75, 3.05) is 32.2 Å². The zero-order chi connectivity index (χ0) is 37.5. The fourth-order valence-electron chi connectivity index (χ4n) is 5.34. The lowest BCUT2D eigenvalue weighted by atomic mass is 10.0. The van der Waals surface area contributed by atoms with E-state index in [1.54, 1.807) is 18.2 Å². The topological polar surface area (TPSA) is 114 Å². The minimum atomic E-state index is -4.55. The van der Waals surface area contributed by atoms with Gasteiger partial charge in [-0.1, -0.05) is 71.2 Å². The molecule has 0 aliphatic carbocycles. The summed E-state index contributed by atoms with van der Waals surface area (Å²) in [6.07, 6.45) is 0.0967. The average molecular weight is 777 g/mol. The Hall–Kier alpha value is -4.16. The number of halogens is 3. The molecule has 4 aromatic carbocycles. The van der Waals surface area contributed by atoms with Crippen molar-refractivity contribution in [2.45, 2.75) is 50.2 Å². The fraction of sp³-hybridized carbons (Fsp3) is 0.297. The Morgan fingerprint density at radius 2 is 1.39 bits per heavy atom. The van der Waals surface area contributed by atoms with Crippen LogP contribution in [-0.4, -0.2) is 64.6 Å². The Kier molecular flexibility index (Phi) is 13.1. The van der Waals surface area contributed by atoms with E-state index in [1.807, 2.05) is 51.1 Å². The molecule has 272 valence electrons. The third-order valence-electron chi connectivity index (χ3n) is 7.79. The Labute approximate surface area is 314 Å². The predicted octanol–water partition coefficient (Wildman–Crippen LogP) is 7.42. The molecule has 1 atom stereocenters. The van der Waals surface area contributed by atoms with Gasteiger partial charge in [-0.2, -0.15) is 0 Å². The minimum Gasteiger partial charge on any atom is -0.495 e. The SMILES string of the molecule is COc1ccc(S(=O)(=O)N(CC(=O)N(Cc2c(Cl)cccc2Cl)C(Cc2ccccc2)C(=O)NC(C)(C)C)c2cc(Cl)ccc2OC)cc1OC. The monoisotopic (exact) mass is 775 g/mol. The summed E-state index contributed by atoms with van der Waals surface area (Å²) < 4.78 is 46.4. The largest absolute Gasteiger partial charge is 0.495 e. The number of carbonyl (C=O) groups excluding carboxylic acids is 2. The zero-order valence-electron chi connectivity index (χ0n) is 29.1. The lowest BCUT2D eigenvalue weighted by molar-refractivity contribution is -0.140. The molecule has 0 radical (unpaired) electrons. The number of rotatable bonds is 14. The minimum absolute atomic E-state index is 0.0115. The van der Waals surface area contributed by atoms with Crippen LogP contribution < -0.4 is 23.8 Å². The third kappa shape index (κ3) is 9.79. The van der Waals surface area contributed by atoms with E-state index in [4.69, 9.17) is 49.0 Å². The molecular formula is C37H40Cl3N3O7S. The van der Waals surface area contributed by atoms with Gasteiger partial charge in [-0.15, -0.1) is 0 Å². The van der Waals surface area contributed by atoms with E-state index in [9.17, 15) is 18.0 Å². The van der Waals surface area contributed by atoms with Gasteiger partial charge in [0.05, 0.1) is 31.9 Å². The number of methoxy groups -OCH3 is 3. The molecule has 14 heteroatoms. The number of nitrogens with one attached hydrogen (secondary N) is 1. The maximum absolute atomic E-state index is 14.9. The summed E-state index contributed by atoms with van der Waals surface area (Å²) in [4.78, 5) is 30.1. The summed E-state index contributed by atoms with van der Waals surface area (Å²) in [6.45, 7) is 4.48. The number of benzene rings is 4. The molecule has 0 bridgehead atoms. The van der Waals surface area contributed by atoms with Crippen LogP contribution in [0.15, 0.2) is 89.8 Å². The Balaban J connectivity index is 1.93. The summed E-state index contributed by atoms with van der Waals surface area (Å²) in [5, 5.41) is 3.71. The summed E-state index contributed by atoms with van der Waals surface area (Å²) in [6, 6.07) is 21.4. The van der Waals surface area contributed by atoms with Crippen molar-refractivity contribution in [3.8, 4) is 17.2 Å². The number of anilines is 1. The van der Waals surface area contributed by atoms with Crippen molar-refractivity contribution in [1.82, 2.24) is 10.2 Å².